The van der Waals surface area contributed by atoms with Crippen LogP contribution in [0, 0.1) is 0 Å². The standard InChI is InChI=1S/C18H21N3O2/c1-12-11-21(16-10-14(19)8-9-17(16)23-12)13(2)18(22)20-15-6-4-3-5-7-15/h3-10,12-13H,11,19H2,1-2H3,(H,20,22). The quantitative estimate of drug-likeness (QED) is 0.855. The van der Waals surface area contributed by atoms with E-state index in [2.05, 4.69) is 5.32 Å². The summed E-state index contributed by atoms with van der Waals surface area (Å²) in [7, 11) is 0. The van der Waals surface area contributed by atoms with Crippen LogP contribution in [-0.2, 0) is 4.79 Å². The maximum Gasteiger partial charge on any atom is 0.246 e. The molecule has 0 saturated heterocycles. The molecule has 0 spiro atoms. The molecule has 2 aromatic rings. The van der Waals surface area contributed by atoms with Crippen LogP contribution in [0.1, 0.15) is 13.8 Å². The molecule has 3 N–H and O–H groups in total. The summed E-state index contributed by atoms with van der Waals surface area (Å²) in [6.07, 6.45) is 0.0121. The highest BCUT2D eigenvalue weighted by atomic mass is 16.5. The summed E-state index contributed by atoms with van der Waals surface area (Å²) in [5.41, 5.74) is 8.20. The van der Waals surface area contributed by atoms with Gasteiger partial charge < -0.3 is 20.7 Å². The number of nitrogens with one attached hydrogen (secondary N) is 1. The molecule has 1 amide bonds. The Balaban J connectivity index is 1.83. The van der Waals surface area contributed by atoms with E-state index in [9.17, 15) is 4.79 Å². The lowest BCUT2D eigenvalue weighted by Crippen LogP contribution is -2.48. The zero-order valence-electron chi connectivity index (χ0n) is 13.3. The van der Waals surface area contributed by atoms with Crippen molar-refractivity contribution < 1.29 is 9.53 Å². The van der Waals surface area contributed by atoms with Crippen molar-refractivity contribution in [3.8, 4) is 5.75 Å². The minimum Gasteiger partial charge on any atom is -0.487 e. The van der Waals surface area contributed by atoms with Crippen LogP contribution in [0.25, 0.3) is 0 Å². The van der Waals surface area contributed by atoms with E-state index in [4.69, 9.17) is 10.5 Å². The molecule has 23 heavy (non-hydrogen) atoms. The number of amides is 1. The normalized spacial score (nSPS) is 17.8. The summed E-state index contributed by atoms with van der Waals surface area (Å²) >= 11 is 0. The van der Waals surface area contributed by atoms with Crippen LogP contribution >= 0.6 is 0 Å². The van der Waals surface area contributed by atoms with Gasteiger partial charge in [0.1, 0.15) is 17.9 Å². The summed E-state index contributed by atoms with van der Waals surface area (Å²) in [6, 6.07) is 14.6. The zero-order valence-corrected chi connectivity index (χ0v) is 13.3. The van der Waals surface area contributed by atoms with Crippen LogP contribution in [0.3, 0.4) is 0 Å². The number of carbonyl (C=O) groups excluding carboxylic acids is 1. The molecule has 2 unspecified atom stereocenters. The van der Waals surface area contributed by atoms with Crippen molar-refractivity contribution in [2.24, 2.45) is 0 Å². The van der Waals surface area contributed by atoms with Gasteiger partial charge in [0, 0.05) is 11.4 Å². The summed E-state index contributed by atoms with van der Waals surface area (Å²) in [5, 5.41) is 2.95. The molecule has 2 atom stereocenters. The van der Waals surface area contributed by atoms with E-state index in [0.29, 0.717) is 12.2 Å². The number of nitrogens with two attached hydrogens (primary N) is 1. The molecule has 0 saturated carbocycles. The summed E-state index contributed by atoms with van der Waals surface area (Å²) in [5.74, 6) is 0.705. The molecule has 0 fully saturated rings. The first kappa shape index (κ1) is 15.2. The van der Waals surface area contributed by atoms with Gasteiger partial charge in [0.25, 0.3) is 0 Å². The molecule has 1 heterocycles. The maximum absolute atomic E-state index is 12.6. The molecule has 5 heteroatoms. The Kier molecular flexibility index (Phi) is 4.10. The number of anilines is 3. The summed E-state index contributed by atoms with van der Waals surface area (Å²) in [4.78, 5) is 14.6. The van der Waals surface area contributed by atoms with Gasteiger partial charge in [-0.15, -0.1) is 0 Å². The maximum atomic E-state index is 12.6. The molecule has 1 aliphatic rings. The van der Waals surface area contributed by atoms with E-state index in [0.717, 1.165) is 17.1 Å². The summed E-state index contributed by atoms with van der Waals surface area (Å²) < 4.78 is 5.84. The fourth-order valence-corrected chi connectivity index (χ4v) is 2.76. The number of para-hydroxylation sites is 1. The van der Waals surface area contributed by atoms with Gasteiger partial charge in [0.05, 0.1) is 12.2 Å². The number of benzene rings is 2. The monoisotopic (exact) mass is 311 g/mol. The molecule has 3 rings (SSSR count). The predicted octanol–water partition coefficient (Wildman–Crippen LogP) is 2.88. The second-order valence-electron chi connectivity index (χ2n) is 5.84. The number of fused-ring (bicyclic) bond motifs is 1. The van der Waals surface area contributed by atoms with Crippen molar-refractivity contribution in [2.45, 2.75) is 26.0 Å². The van der Waals surface area contributed by atoms with E-state index in [1.807, 2.05) is 67.3 Å². The minimum absolute atomic E-state index is 0.0121. The molecule has 1 aliphatic heterocycles. The lowest BCUT2D eigenvalue weighted by molar-refractivity contribution is -0.117. The molecular weight excluding hydrogens is 290 g/mol. The fourth-order valence-electron chi connectivity index (χ4n) is 2.76. The smallest absolute Gasteiger partial charge is 0.246 e. The largest absolute Gasteiger partial charge is 0.487 e. The molecule has 0 aliphatic carbocycles. The fraction of sp³-hybridized carbons (Fsp3) is 0.278. The number of nitrogens with zero attached hydrogens (tertiary/aromatic N) is 1. The highest BCUT2D eigenvalue weighted by Gasteiger charge is 2.30. The van der Waals surface area contributed by atoms with Crippen molar-refractivity contribution in [3.63, 3.8) is 0 Å². The average Bonchev–Trinajstić information content (AvgIpc) is 2.54. The van der Waals surface area contributed by atoms with E-state index in [-0.39, 0.29) is 18.1 Å². The molecule has 0 bridgehead atoms. The first-order valence-corrected chi connectivity index (χ1v) is 7.73. The number of carbonyl (C=O) groups is 1. The number of rotatable bonds is 3. The Morgan fingerprint density at radius 1 is 1.30 bits per heavy atom. The van der Waals surface area contributed by atoms with Gasteiger partial charge in [-0.1, -0.05) is 18.2 Å². The predicted molar refractivity (Wildman–Crippen MR) is 92.8 cm³/mol. The molecule has 5 nitrogen and oxygen atoms in total. The Bertz CT molecular complexity index is 703. The van der Waals surface area contributed by atoms with Crippen LogP contribution < -0.4 is 20.7 Å². The summed E-state index contributed by atoms with van der Waals surface area (Å²) in [6.45, 7) is 4.53. The van der Waals surface area contributed by atoms with Gasteiger partial charge in [-0.2, -0.15) is 0 Å². The molecule has 0 aromatic heterocycles. The van der Waals surface area contributed by atoms with Crippen molar-refractivity contribution in [3.05, 3.63) is 48.5 Å². The third-order valence-electron chi connectivity index (χ3n) is 3.96. The minimum atomic E-state index is -0.331. The number of hydrogen-bond donors (Lipinski definition) is 2. The number of nitrogen functional groups attached to an aromatic ring is 1. The van der Waals surface area contributed by atoms with Gasteiger partial charge in [0.2, 0.25) is 5.91 Å². The molecule has 120 valence electrons. The average molecular weight is 311 g/mol. The number of ether oxygens (including phenoxy) is 1. The Morgan fingerprint density at radius 2 is 2.04 bits per heavy atom. The van der Waals surface area contributed by atoms with Crippen molar-refractivity contribution in [2.75, 3.05) is 22.5 Å². The van der Waals surface area contributed by atoms with E-state index in [1.54, 1.807) is 0 Å². The third kappa shape index (κ3) is 3.23. The van der Waals surface area contributed by atoms with Crippen LogP contribution in [0.15, 0.2) is 48.5 Å². The van der Waals surface area contributed by atoms with Crippen LogP contribution in [-0.4, -0.2) is 24.6 Å². The molecule has 2 aromatic carbocycles. The van der Waals surface area contributed by atoms with Crippen molar-refractivity contribution >= 4 is 23.0 Å². The number of hydrogen-bond acceptors (Lipinski definition) is 4. The van der Waals surface area contributed by atoms with Crippen LogP contribution in [0.4, 0.5) is 17.1 Å². The van der Waals surface area contributed by atoms with Crippen LogP contribution in [0.2, 0.25) is 0 Å². The third-order valence-corrected chi connectivity index (χ3v) is 3.96. The molecular formula is C18H21N3O2. The molecule has 0 radical (unpaired) electrons. The first-order valence-electron chi connectivity index (χ1n) is 7.73. The van der Waals surface area contributed by atoms with Gasteiger partial charge >= 0.3 is 0 Å². The van der Waals surface area contributed by atoms with Gasteiger partial charge in [-0.05, 0) is 44.2 Å². The Hall–Kier alpha value is -2.69. The Labute approximate surface area is 136 Å². The van der Waals surface area contributed by atoms with E-state index < -0.39 is 0 Å². The van der Waals surface area contributed by atoms with Gasteiger partial charge in [0.15, 0.2) is 0 Å². The SMILES string of the molecule is CC1CN(C(C)C(=O)Nc2ccccc2)c2cc(N)ccc2O1. The second-order valence-corrected chi connectivity index (χ2v) is 5.84. The van der Waals surface area contributed by atoms with Gasteiger partial charge in [-0.3, -0.25) is 4.79 Å². The Morgan fingerprint density at radius 3 is 2.78 bits per heavy atom. The zero-order chi connectivity index (χ0) is 16.4. The second kappa shape index (κ2) is 6.20. The van der Waals surface area contributed by atoms with E-state index in [1.165, 1.54) is 0 Å². The van der Waals surface area contributed by atoms with E-state index >= 15 is 0 Å². The lowest BCUT2D eigenvalue weighted by atomic mass is 10.1. The first-order chi connectivity index (χ1) is 11.0. The van der Waals surface area contributed by atoms with Crippen molar-refractivity contribution in [1.82, 2.24) is 0 Å². The lowest BCUT2D eigenvalue weighted by Gasteiger charge is -2.38. The van der Waals surface area contributed by atoms with Crippen LogP contribution in [0.5, 0.6) is 5.75 Å². The highest BCUT2D eigenvalue weighted by molar-refractivity contribution is 5.97. The highest BCUT2D eigenvalue weighted by Crippen LogP contribution is 2.36. The van der Waals surface area contributed by atoms with Gasteiger partial charge in [-0.25, -0.2) is 0 Å². The van der Waals surface area contributed by atoms with Crippen molar-refractivity contribution in [1.29, 1.82) is 0 Å². The topological polar surface area (TPSA) is 67.6 Å².